The molecule has 3 aliphatic heterocycles. The minimum Gasteiger partial charge on any atom is -0.489 e. The number of hydrogen-bond acceptors (Lipinski definition) is 7. The molecule has 0 bridgehead atoms. The Morgan fingerprint density at radius 3 is 2.72 bits per heavy atom. The molecule has 0 spiro atoms. The molecule has 1 aliphatic carbocycles. The van der Waals surface area contributed by atoms with Crippen molar-refractivity contribution in [3.63, 3.8) is 0 Å². The number of rotatable bonds is 6. The fraction of sp³-hybridized carbons (Fsp3) is 0.481. The van der Waals surface area contributed by atoms with E-state index in [0.29, 0.717) is 36.4 Å². The summed E-state index contributed by atoms with van der Waals surface area (Å²) in [6.07, 6.45) is 5.78. The number of hydrogen-bond donors (Lipinski definition) is 1. The van der Waals surface area contributed by atoms with E-state index < -0.39 is 11.9 Å². The topological polar surface area (TPSA) is 101 Å². The Morgan fingerprint density at radius 1 is 1.06 bits per heavy atom. The highest BCUT2D eigenvalue weighted by molar-refractivity contribution is 6.05. The van der Waals surface area contributed by atoms with Gasteiger partial charge >= 0.3 is 0 Å². The Kier molecular flexibility index (Phi) is 5.87. The number of pyridine rings is 1. The summed E-state index contributed by atoms with van der Waals surface area (Å²) >= 11 is 0. The molecule has 2 saturated heterocycles. The van der Waals surface area contributed by atoms with Gasteiger partial charge in [-0.1, -0.05) is 0 Å². The van der Waals surface area contributed by atoms with E-state index in [1.807, 2.05) is 18.2 Å². The molecule has 1 aromatic carbocycles. The van der Waals surface area contributed by atoms with Crippen LogP contribution < -0.4 is 14.8 Å². The van der Waals surface area contributed by atoms with Crippen LogP contribution in [0, 0.1) is 0 Å². The maximum Gasteiger partial charge on any atom is 0.255 e. The predicted octanol–water partition coefficient (Wildman–Crippen LogP) is 2.25. The van der Waals surface area contributed by atoms with Gasteiger partial charge < -0.3 is 14.4 Å². The van der Waals surface area contributed by atoms with Crippen LogP contribution in [-0.2, 0) is 16.1 Å². The standard InChI is InChI=1S/C27H30N4O5/c1-35-25-12-16(9-10-28-25)18-13-30(14-18)21-3-2-4-23(21)36-19-5-6-20-17(11-19)15-31(27(20)34)22-7-8-24(32)29-26(22)33/h5-6,9-12,18,21-23H,2-4,7-8,13-15H2,1H3,(H,29,32,33). The average molecular weight is 491 g/mol. The number of nitrogens with zero attached hydrogens (tertiary/aromatic N) is 3. The molecule has 3 fully saturated rings. The number of piperidine rings is 1. The number of ether oxygens (including phenoxy) is 2. The van der Waals surface area contributed by atoms with Crippen molar-refractivity contribution in [1.29, 1.82) is 0 Å². The number of likely N-dealkylation sites (tertiary alicyclic amines) is 1. The van der Waals surface area contributed by atoms with Crippen LogP contribution in [0.2, 0.25) is 0 Å². The number of nitrogens with one attached hydrogen (secondary N) is 1. The van der Waals surface area contributed by atoms with Crippen LogP contribution in [0.15, 0.2) is 36.5 Å². The van der Waals surface area contributed by atoms with Crippen molar-refractivity contribution in [3.05, 3.63) is 53.2 Å². The molecule has 6 rings (SSSR count). The van der Waals surface area contributed by atoms with Gasteiger partial charge in [0.1, 0.15) is 17.9 Å². The minimum atomic E-state index is -0.606. The summed E-state index contributed by atoms with van der Waals surface area (Å²) in [5.74, 6) is 1.06. The molecule has 9 heteroatoms. The number of amides is 3. The normalized spacial score (nSPS) is 26.5. The summed E-state index contributed by atoms with van der Waals surface area (Å²) in [6, 6.07) is 9.47. The Hall–Kier alpha value is -3.46. The van der Waals surface area contributed by atoms with E-state index in [-0.39, 0.29) is 24.3 Å². The lowest BCUT2D eigenvalue weighted by atomic mass is 9.90. The van der Waals surface area contributed by atoms with E-state index >= 15 is 0 Å². The van der Waals surface area contributed by atoms with Crippen molar-refractivity contribution in [2.45, 2.75) is 62.8 Å². The van der Waals surface area contributed by atoms with Crippen LogP contribution in [0.3, 0.4) is 0 Å². The Balaban J connectivity index is 1.09. The fourth-order valence-electron chi connectivity index (χ4n) is 6.05. The van der Waals surface area contributed by atoms with Gasteiger partial charge in [-0.05, 0) is 61.1 Å². The van der Waals surface area contributed by atoms with Crippen molar-refractivity contribution in [2.24, 2.45) is 0 Å². The van der Waals surface area contributed by atoms with Crippen molar-refractivity contribution >= 4 is 17.7 Å². The summed E-state index contributed by atoms with van der Waals surface area (Å²) in [5, 5.41) is 2.35. The van der Waals surface area contributed by atoms with Crippen LogP contribution in [0.25, 0.3) is 0 Å². The molecule has 1 saturated carbocycles. The predicted molar refractivity (Wildman–Crippen MR) is 130 cm³/mol. The molecule has 1 aromatic heterocycles. The minimum absolute atomic E-state index is 0.110. The molecule has 2 aromatic rings. The summed E-state index contributed by atoms with van der Waals surface area (Å²) < 4.78 is 11.7. The maximum atomic E-state index is 13.0. The Bertz CT molecular complexity index is 1210. The first-order chi connectivity index (χ1) is 17.5. The molecule has 3 unspecified atom stereocenters. The highest BCUT2D eigenvalue weighted by Crippen LogP contribution is 2.37. The summed E-state index contributed by atoms with van der Waals surface area (Å²) in [5.41, 5.74) is 2.73. The van der Waals surface area contributed by atoms with Crippen molar-refractivity contribution in [3.8, 4) is 11.6 Å². The third-order valence-corrected chi connectivity index (χ3v) is 8.02. The van der Waals surface area contributed by atoms with Gasteiger partial charge in [-0.25, -0.2) is 4.98 Å². The first-order valence-corrected chi connectivity index (χ1v) is 12.7. The molecule has 9 nitrogen and oxygen atoms in total. The average Bonchev–Trinajstić information content (AvgIpc) is 3.42. The maximum absolute atomic E-state index is 13.0. The molecule has 1 N–H and O–H groups in total. The molecule has 4 heterocycles. The van der Waals surface area contributed by atoms with Crippen LogP contribution >= 0.6 is 0 Å². The number of aromatic nitrogens is 1. The van der Waals surface area contributed by atoms with E-state index in [4.69, 9.17) is 9.47 Å². The zero-order chi connectivity index (χ0) is 24.8. The molecular formula is C27H30N4O5. The first-order valence-electron chi connectivity index (χ1n) is 12.7. The lowest BCUT2D eigenvalue weighted by Crippen LogP contribution is -2.54. The smallest absolute Gasteiger partial charge is 0.255 e. The van der Waals surface area contributed by atoms with E-state index in [9.17, 15) is 14.4 Å². The summed E-state index contributed by atoms with van der Waals surface area (Å²) in [6.45, 7) is 2.35. The Labute approximate surface area is 209 Å². The number of fused-ring (bicyclic) bond motifs is 1. The quantitative estimate of drug-likeness (QED) is 0.620. The van der Waals surface area contributed by atoms with E-state index in [1.54, 1.807) is 24.3 Å². The number of imide groups is 1. The van der Waals surface area contributed by atoms with Crippen molar-refractivity contribution in [1.82, 2.24) is 20.1 Å². The second-order valence-electron chi connectivity index (χ2n) is 10.2. The molecule has 3 amide bonds. The fourth-order valence-corrected chi connectivity index (χ4v) is 6.05. The van der Waals surface area contributed by atoms with Crippen LogP contribution in [0.5, 0.6) is 11.6 Å². The summed E-state index contributed by atoms with van der Waals surface area (Å²) in [7, 11) is 1.64. The monoisotopic (exact) mass is 490 g/mol. The molecule has 36 heavy (non-hydrogen) atoms. The largest absolute Gasteiger partial charge is 0.489 e. The number of carbonyl (C=O) groups is 3. The summed E-state index contributed by atoms with van der Waals surface area (Å²) in [4.78, 5) is 45.0. The van der Waals surface area contributed by atoms with Gasteiger partial charge in [0.25, 0.3) is 5.91 Å². The van der Waals surface area contributed by atoms with Gasteiger partial charge in [-0.3, -0.25) is 24.6 Å². The zero-order valence-electron chi connectivity index (χ0n) is 20.3. The second kappa shape index (κ2) is 9.20. The Morgan fingerprint density at radius 2 is 1.92 bits per heavy atom. The number of methoxy groups -OCH3 is 1. The molecular weight excluding hydrogens is 460 g/mol. The van der Waals surface area contributed by atoms with E-state index in [2.05, 4.69) is 21.3 Å². The first kappa shape index (κ1) is 23.0. The molecule has 188 valence electrons. The lowest BCUT2D eigenvalue weighted by molar-refractivity contribution is -0.136. The van der Waals surface area contributed by atoms with E-state index in [0.717, 1.165) is 43.7 Å². The van der Waals surface area contributed by atoms with Crippen LogP contribution in [0.1, 0.15) is 59.5 Å². The van der Waals surface area contributed by atoms with Gasteiger partial charge in [0.15, 0.2) is 0 Å². The van der Waals surface area contributed by atoms with Crippen molar-refractivity contribution in [2.75, 3.05) is 20.2 Å². The molecule has 0 radical (unpaired) electrons. The second-order valence-corrected chi connectivity index (χ2v) is 10.2. The van der Waals surface area contributed by atoms with Gasteiger partial charge in [0, 0.05) is 55.8 Å². The lowest BCUT2D eigenvalue weighted by Gasteiger charge is -2.45. The van der Waals surface area contributed by atoms with Crippen LogP contribution in [0.4, 0.5) is 0 Å². The van der Waals surface area contributed by atoms with E-state index in [1.165, 1.54) is 5.56 Å². The van der Waals surface area contributed by atoms with Gasteiger partial charge in [0.05, 0.1) is 7.11 Å². The van der Waals surface area contributed by atoms with Crippen molar-refractivity contribution < 1.29 is 23.9 Å². The highest BCUT2D eigenvalue weighted by Gasteiger charge is 2.42. The van der Waals surface area contributed by atoms with Gasteiger partial charge in [-0.15, -0.1) is 0 Å². The van der Waals surface area contributed by atoms with Gasteiger partial charge in [0.2, 0.25) is 17.7 Å². The van der Waals surface area contributed by atoms with Crippen LogP contribution in [-0.4, -0.2) is 70.9 Å². The molecule has 3 atom stereocenters. The zero-order valence-corrected chi connectivity index (χ0v) is 20.3. The molecule has 4 aliphatic rings. The SMILES string of the molecule is COc1cc(C2CN(C3CCCC3Oc3ccc4c(c3)CN(C3CCC(=O)NC3=O)C4=O)C2)ccn1. The third kappa shape index (κ3) is 4.11. The third-order valence-electron chi connectivity index (χ3n) is 8.02. The van der Waals surface area contributed by atoms with Gasteiger partial charge in [-0.2, -0.15) is 0 Å². The highest BCUT2D eigenvalue weighted by atomic mass is 16.5. The number of carbonyl (C=O) groups excluding carboxylic acids is 3. The number of benzene rings is 1.